The number of amides is 1. The quantitative estimate of drug-likeness (QED) is 0.773. The molecule has 0 bridgehead atoms. The molecule has 7 nitrogen and oxygen atoms in total. The number of benzene rings is 1. The Morgan fingerprint density at radius 1 is 1.17 bits per heavy atom. The van der Waals surface area contributed by atoms with E-state index in [-0.39, 0.29) is 11.6 Å². The summed E-state index contributed by atoms with van der Waals surface area (Å²) in [5.41, 5.74) is 2.06. The van der Waals surface area contributed by atoms with Gasteiger partial charge in [-0.3, -0.25) is 4.79 Å². The normalized spacial score (nSPS) is 10.4. The lowest BCUT2D eigenvalue weighted by Gasteiger charge is -2.15. The number of carbonyl (C=O) groups is 1. The van der Waals surface area contributed by atoms with E-state index in [1.807, 2.05) is 61.5 Å². The molecular formula is C17H18N6O. The van der Waals surface area contributed by atoms with Gasteiger partial charge in [0, 0.05) is 32.4 Å². The lowest BCUT2D eigenvalue weighted by Crippen LogP contribution is -2.25. The first-order chi connectivity index (χ1) is 11.6. The maximum Gasteiger partial charge on any atom is 0.273 e. The van der Waals surface area contributed by atoms with Gasteiger partial charge in [0.15, 0.2) is 5.69 Å². The van der Waals surface area contributed by atoms with E-state index in [1.165, 1.54) is 0 Å². The third kappa shape index (κ3) is 3.40. The van der Waals surface area contributed by atoms with Gasteiger partial charge >= 0.3 is 0 Å². The smallest absolute Gasteiger partial charge is 0.273 e. The van der Waals surface area contributed by atoms with Gasteiger partial charge in [-0.05, 0) is 18.2 Å². The van der Waals surface area contributed by atoms with Crippen LogP contribution in [0.2, 0.25) is 0 Å². The Kier molecular flexibility index (Phi) is 4.51. The van der Waals surface area contributed by atoms with Crippen LogP contribution in [0.15, 0.2) is 54.9 Å². The van der Waals surface area contributed by atoms with E-state index < -0.39 is 0 Å². The topological polar surface area (TPSA) is 75.9 Å². The molecule has 0 atom stereocenters. The van der Waals surface area contributed by atoms with E-state index >= 15 is 0 Å². The molecule has 1 N–H and O–H groups in total. The van der Waals surface area contributed by atoms with E-state index in [0.29, 0.717) is 6.54 Å². The van der Waals surface area contributed by atoms with E-state index in [4.69, 9.17) is 0 Å². The second-order valence-electron chi connectivity index (χ2n) is 5.45. The number of aromatic nitrogens is 4. The van der Waals surface area contributed by atoms with Crippen LogP contribution in [0, 0.1) is 0 Å². The van der Waals surface area contributed by atoms with Gasteiger partial charge in [0.2, 0.25) is 0 Å². The minimum atomic E-state index is -0.272. The standard InChI is InChI=1S/C17H18N6O/c1-22(2)16-13(7-6-10-18-16)11-19-17(24)15-12-23(21-20-15)14-8-4-3-5-9-14/h3-10,12H,11H2,1-2H3,(H,19,24). The fourth-order valence-corrected chi connectivity index (χ4v) is 2.31. The number of pyridine rings is 1. The van der Waals surface area contributed by atoms with Crippen molar-refractivity contribution < 1.29 is 4.79 Å². The Hall–Kier alpha value is -3.22. The van der Waals surface area contributed by atoms with Crippen molar-refractivity contribution in [3.8, 4) is 5.69 Å². The molecule has 7 heteroatoms. The number of hydrogen-bond donors (Lipinski definition) is 1. The first-order valence-corrected chi connectivity index (χ1v) is 7.52. The van der Waals surface area contributed by atoms with Crippen LogP contribution < -0.4 is 10.2 Å². The van der Waals surface area contributed by atoms with Crippen molar-refractivity contribution in [1.29, 1.82) is 0 Å². The van der Waals surface area contributed by atoms with Gasteiger partial charge in [0.25, 0.3) is 5.91 Å². The second kappa shape index (κ2) is 6.91. The predicted molar refractivity (Wildman–Crippen MR) is 91.1 cm³/mol. The van der Waals surface area contributed by atoms with E-state index in [2.05, 4.69) is 20.6 Å². The van der Waals surface area contributed by atoms with Gasteiger partial charge in [0.05, 0.1) is 11.9 Å². The molecule has 0 radical (unpaired) electrons. The van der Waals surface area contributed by atoms with Crippen LogP contribution >= 0.6 is 0 Å². The highest BCUT2D eigenvalue weighted by Crippen LogP contribution is 2.14. The van der Waals surface area contributed by atoms with Crippen molar-refractivity contribution in [2.75, 3.05) is 19.0 Å². The zero-order chi connectivity index (χ0) is 16.9. The van der Waals surface area contributed by atoms with Crippen LogP contribution in [-0.4, -0.2) is 40.0 Å². The molecule has 0 fully saturated rings. The summed E-state index contributed by atoms with van der Waals surface area (Å²) in [5, 5.41) is 10.8. The molecule has 1 aromatic carbocycles. The highest BCUT2D eigenvalue weighted by Gasteiger charge is 2.13. The van der Waals surface area contributed by atoms with Crippen molar-refractivity contribution in [2.45, 2.75) is 6.54 Å². The van der Waals surface area contributed by atoms with Crippen LogP contribution in [0.4, 0.5) is 5.82 Å². The molecule has 0 aliphatic rings. The Bertz CT molecular complexity index is 828. The largest absolute Gasteiger partial charge is 0.362 e. The maximum atomic E-state index is 12.3. The van der Waals surface area contributed by atoms with Gasteiger partial charge in [-0.25, -0.2) is 9.67 Å². The minimum absolute atomic E-state index is 0.272. The molecule has 2 heterocycles. The Morgan fingerprint density at radius 3 is 2.71 bits per heavy atom. The average Bonchev–Trinajstić information content (AvgIpc) is 3.11. The van der Waals surface area contributed by atoms with Crippen LogP contribution in [0.25, 0.3) is 5.69 Å². The molecule has 2 aromatic heterocycles. The van der Waals surface area contributed by atoms with Gasteiger partial charge in [-0.1, -0.05) is 29.5 Å². The maximum absolute atomic E-state index is 12.3. The Labute approximate surface area is 139 Å². The van der Waals surface area contributed by atoms with Crippen molar-refractivity contribution in [3.63, 3.8) is 0 Å². The number of para-hydroxylation sites is 1. The van der Waals surface area contributed by atoms with Crippen LogP contribution in [0.3, 0.4) is 0 Å². The lowest BCUT2D eigenvalue weighted by atomic mass is 10.2. The summed E-state index contributed by atoms with van der Waals surface area (Å²) >= 11 is 0. The third-order valence-electron chi connectivity index (χ3n) is 3.48. The molecule has 0 saturated carbocycles. The SMILES string of the molecule is CN(C)c1ncccc1CNC(=O)c1cn(-c2ccccc2)nn1. The number of hydrogen-bond acceptors (Lipinski definition) is 5. The number of anilines is 1. The van der Waals surface area contributed by atoms with E-state index in [9.17, 15) is 4.79 Å². The van der Waals surface area contributed by atoms with Crippen molar-refractivity contribution >= 4 is 11.7 Å². The summed E-state index contributed by atoms with van der Waals surface area (Å²) in [6.07, 6.45) is 3.34. The summed E-state index contributed by atoms with van der Waals surface area (Å²) in [6, 6.07) is 13.3. The van der Waals surface area contributed by atoms with Gasteiger partial charge in [-0.2, -0.15) is 0 Å². The average molecular weight is 322 g/mol. The summed E-state index contributed by atoms with van der Waals surface area (Å²) in [4.78, 5) is 18.5. The van der Waals surface area contributed by atoms with Crippen LogP contribution in [0.1, 0.15) is 16.1 Å². The van der Waals surface area contributed by atoms with Crippen LogP contribution in [0.5, 0.6) is 0 Å². The predicted octanol–water partition coefficient (Wildman–Crippen LogP) is 1.66. The minimum Gasteiger partial charge on any atom is -0.362 e. The van der Waals surface area contributed by atoms with E-state index in [1.54, 1.807) is 17.1 Å². The molecule has 0 aliphatic carbocycles. The zero-order valence-corrected chi connectivity index (χ0v) is 13.5. The van der Waals surface area contributed by atoms with Gasteiger partial charge in [0.1, 0.15) is 5.82 Å². The molecule has 122 valence electrons. The summed E-state index contributed by atoms with van der Waals surface area (Å²) in [5.74, 6) is 0.552. The number of nitrogens with zero attached hydrogens (tertiary/aromatic N) is 5. The molecule has 0 spiro atoms. The fraction of sp³-hybridized carbons (Fsp3) is 0.176. The van der Waals surface area contributed by atoms with Crippen molar-refractivity contribution in [1.82, 2.24) is 25.3 Å². The molecule has 3 aromatic rings. The Morgan fingerprint density at radius 2 is 1.96 bits per heavy atom. The molecule has 1 amide bonds. The number of rotatable bonds is 5. The molecule has 0 saturated heterocycles. The fourth-order valence-electron chi connectivity index (χ4n) is 2.31. The first kappa shape index (κ1) is 15.7. The van der Waals surface area contributed by atoms with Crippen molar-refractivity contribution in [2.24, 2.45) is 0 Å². The summed E-state index contributed by atoms with van der Waals surface area (Å²) in [6.45, 7) is 0.373. The zero-order valence-electron chi connectivity index (χ0n) is 13.5. The number of nitrogens with one attached hydrogen (secondary N) is 1. The molecule has 0 aliphatic heterocycles. The number of carbonyl (C=O) groups excluding carboxylic acids is 1. The second-order valence-corrected chi connectivity index (χ2v) is 5.45. The first-order valence-electron chi connectivity index (χ1n) is 7.52. The van der Waals surface area contributed by atoms with Crippen molar-refractivity contribution in [3.05, 3.63) is 66.1 Å². The summed E-state index contributed by atoms with van der Waals surface area (Å²) < 4.78 is 1.57. The van der Waals surface area contributed by atoms with E-state index in [0.717, 1.165) is 17.1 Å². The highest BCUT2D eigenvalue weighted by atomic mass is 16.2. The lowest BCUT2D eigenvalue weighted by molar-refractivity contribution is 0.0946. The molecule has 24 heavy (non-hydrogen) atoms. The van der Waals surface area contributed by atoms with Crippen LogP contribution in [-0.2, 0) is 6.54 Å². The monoisotopic (exact) mass is 322 g/mol. The van der Waals surface area contributed by atoms with Gasteiger partial charge < -0.3 is 10.2 Å². The third-order valence-corrected chi connectivity index (χ3v) is 3.48. The highest BCUT2D eigenvalue weighted by molar-refractivity contribution is 5.91. The molecule has 0 unspecified atom stereocenters. The molecular weight excluding hydrogens is 304 g/mol. The Balaban J connectivity index is 1.69. The molecule has 3 rings (SSSR count). The summed E-state index contributed by atoms with van der Waals surface area (Å²) in [7, 11) is 3.83. The van der Waals surface area contributed by atoms with Gasteiger partial charge in [-0.15, -0.1) is 5.10 Å².